The smallest absolute Gasteiger partial charge is 0.302 e. The van der Waals surface area contributed by atoms with Gasteiger partial charge in [0.2, 0.25) is 0 Å². The minimum atomic E-state index is -3.86. The van der Waals surface area contributed by atoms with Crippen LogP contribution in [-0.2, 0) is 20.0 Å². The van der Waals surface area contributed by atoms with Gasteiger partial charge in [0.1, 0.15) is 0 Å². The van der Waals surface area contributed by atoms with Crippen molar-refractivity contribution >= 4 is 7.82 Å². The maximum Gasteiger partial charge on any atom is 0.472 e. The molecule has 1 N–H and O–H groups in total. The molecule has 124 valence electrons. The Morgan fingerprint density at radius 1 is 1.18 bits per heavy atom. The molecule has 1 unspecified atom stereocenters. The Balaban J connectivity index is 1.81. The van der Waals surface area contributed by atoms with Crippen LogP contribution in [0, 0.1) is 0 Å². The van der Waals surface area contributed by atoms with Gasteiger partial charge in [-0.15, -0.1) is 0 Å². The molecule has 0 spiro atoms. The quantitative estimate of drug-likeness (QED) is 0.522. The summed E-state index contributed by atoms with van der Waals surface area (Å²) < 4.78 is 21.4. The summed E-state index contributed by atoms with van der Waals surface area (Å²) in [6.07, 6.45) is 7.51. The van der Waals surface area contributed by atoms with Crippen LogP contribution in [0.4, 0.5) is 0 Å². The molecule has 1 aliphatic carbocycles. The van der Waals surface area contributed by atoms with Crippen molar-refractivity contribution in [3.63, 3.8) is 0 Å². The van der Waals surface area contributed by atoms with Crippen molar-refractivity contribution in [3.05, 3.63) is 35.4 Å². The van der Waals surface area contributed by atoms with Crippen LogP contribution in [0.25, 0.3) is 0 Å². The van der Waals surface area contributed by atoms with E-state index in [1.165, 1.54) is 36.8 Å². The van der Waals surface area contributed by atoms with E-state index in [2.05, 4.69) is 24.3 Å². The van der Waals surface area contributed by atoms with Crippen molar-refractivity contribution in [1.82, 2.24) is 0 Å². The average molecular weight is 326 g/mol. The first kappa shape index (κ1) is 17.7. The van der Waals surface area contributed by atoms with Gasteiger partial charge in [-0.1, -0.05) is 44.0 Å². The number of aryl methyl sites for hydroxylation is 1. The molecule has 1 aromatic rings. The fourth-order valence-electron chi connectivity index (χ4n) is 3.08. The molecule has 0 amide bonds. The molecule has 1 fully saturated rings. The molecule has 0 bridgehead atoms. The third-order valence-corrected chi connectivity index (χ3v) is 5.17. The lowest BCUT2D eigenvalue weighted by Crippen LogP contribution is -2.02. The Morgan fingerprint density at radius 3 is 2.59 bits per heavy atom. The maximum absolute atomic E-state index is 11.6. The van der Waals surface area contributed by atoms with Gasteiger partial charge in [-0.05, 0) is 49.1 Å². The first-order valence-electron chi connectivity index (χ1n) is 8.32. The molecule has 0 saturated heterocycles. The number of hydrogen-bond donors (Lipinski definition) is 1. The topological polar surface area (TPSA) is 55.8 Å². The van der Waals surface area contributed by atoms with E-state index >= 15 is 0 Å². The van der Waals surface area contributed by atoms with E-state index in [9.17, 15) is 9.46 Å². The van der Waals surface area contributed by atoms with Crippen LogP contribution in [0.1, 0.15) is 62.5 Å². The summed E-state index contributed by atoms with van der Waals surface area (Å²) in [7, 11) is -3.86. The van der Waals surface area contributed by atoms with Gasteiger partial charge in [0.25, 0.3) is 0 Å². The third kappa shape index (κ3) is 5.51. The molecular weight excluding hydrogens is 299 g/mol. The minimum Gasteiger partial charge on any atom is -0.302 e. The minimum absolute atomic E-state index is 0.247. The van der Waals surface area contributed by atoms with Crippen molar-refractivity contribution in [3.8, 4) is 0 Å². The molecule has 1 saturated carbocycles. The first-order chi connectivity index (χ1) is 10.6. The van der Waals surface area contributed by atoms with Crippen LogP contribution in [0.3, 0.4) is 0 Å². The van der Waals surface area contributed by atoms with Crippen LogP contribution in [0.5, 0.6) is 0 Å². The number of benzene rings is 1. The third-order valence-electron chi connectivity index (χ3n) is 4.15. The highest BCUT2D eigenvalue weighted by molar-refractivity contribution is 7.47. The fourth-order valence-corrected chi connectivity index (χ4v) is 3.93. The summed E-state index contributed by atoms with van der Waals surface area (Å²) >= 11 is 0. The second kappa shape index (κ2) is 8.83. The molecule has 5 heteroatoms. The number of phosphoric acid groups is 1. The van der Waals surface area contributed by atoms with Gasteiger partial charge in [0.15, 0.2) is 0 Å². The normalized spacial score (nSPS) is 18.5. The summed E-state index contributed by atoms with van der Waals surface area (Å²) in [6, 6.07) is 8.57. The van der Waals surface area contributed by atoms with Gasteiger partial charge in [0.05, 0.1) is 13.2 Å². The lowest BCUT2D eigenvalue weighted by molar-refractivity contribution is 0.148. The van der Waals surface area contributed by atoms with E-state index in [1.807, 2.05) is 6.92 Å². The van der Waals surface area contributed by atoms with Gasteiger partial charge in [-0.3, -0.25) is 9.05 Å². The first-order valence-corrected chi connectivity index (χ1v) is 9.81. The molecule has 0 aliphatic heterocycles. The molecule has 1 aromatic carbocycles. The van der Waals surface area contributed by atoms with Crippen molar-refractivity contribution in [1.29, 1.82) is 0 Å². The van der Waals surface area contributed by atoms with E-state index in [0.29, 0.717) is 12.3 Å². The molecule has 4 nitrogen and oxygen atoms in total. The van der Waals surface area contributed by atoms with Gasteiger partial charge < -0.3 is 4.89 Å². The van der Waals surface area contributed by atoms with Crippen molar-refractivity contribution in [2.45, 2.75) is 57.8 Å². The van der Waals surface area contributed by atoms with Gasteiger partial charge >= 0.3 is 7.82 Å². The van der Waals surface area contributed by atoms with Crippen molar-refractivity contribution < 1.29 is 18.5 Å². The molecule has 0 radical (unpaired) electrons. The van der Waals surface area contributed by atoms with E-state index in [-0.39, 0.29) is 13.2 Å². The highest BCUT2D eigenvalue weighted by Crippen LogP contribution is 2.43. The van der Waals surface area contributed by atoms with Crippen LogP contribution >= 0.6 is 7.82 Å². The summed E-state index contributed by atoms with van der Waals surface area (Å²) in [5.41, 5.74) is 2.80. The molecule has 0 aromatic heterocycles. The fraction of sp³-hybridized carbons (Fsp3) is 0.647. The average Bonchev–Trinajstić information content (AvgIpc) is 3.04. The second-order valence-corrected chi connectivity index (χ2v) is 7.37. The lowest BCUT2D eigenvalue weighted by atomic mass is 9.91. The van der Waals surface area contributed by atoms with Crippen LogP contribution < -0.4 is 0 Å². The molecule has 1 atom stereocenters. The standard InChI is InChI=1S/C17H27O4P/c1-2-13-20-22(18,19)21-14-7-11-16-10-5-6-12-17(16)15-8-3-4-9-15/h5-6,10,12,15H,2-4,7-9,11,13-14H2,1H3,(H,18,19). The zero-order chi connectivity index (χ0) is 15.8. The molecule has 2 rings (SSSR count). The molecule has 22 heavy (non-hydrogen) atoms. The predicted octanol–water partition coefficient (Wildman–Crippen LogP) is 4.82. The Bertz CT molecular complexity index is 497. The van der Waals surface area contributed by atoms with Gasteiger partial charge in [-0.25, -0.2) is 4.57 Å². The highest BCUT2D eigenvalue weighted by Gasteiger charge is 2.21. The Hall–Kier alpha value is -0.670. The summed E-state index contributed by atoms with van der Waals surface area (Å²) in [6.45, 7) is 2.38. The second-order valence-electron chi connectivity index (χ2n) is 5.92. The zero-order valence-corrected chi connectivity index (χ0v) is 14.3. The van der Waals surface area contributed by atoms with Crippen LogP contribution in [0.15, 0.2) is 24.3 Å². The maximum atomic E-state index is 11.6. The summed E-state index contributed by atoms with van der Waals surface area (Å²) in [4.78, 5) is 9.48. The number of phosphoric ester groups is 1. The number of hydrogen-bond acceptors (Lipinski definition) is 3. The predicted molar refractivity (Wildman–Crippen MR) is 88.0 cm³/mol. The van der Waals surface area contributed by atoms with Crippen molar-refractivity contribution in [2.75, 3.05) is 13.2 Å². The largest absolute Gasteiger partial charge is 0.472 e. The Labute approximate surface area is 133 Å². The summed E-state index contributed by atoms with van der Waals surface area (Å²) in [5.74, 6) is 0.689. The SMILES string of the molecule is CCCOP(=O)(O)OCCCc1ccccc1C1CCCC1. The van der Waals surface area contributed by atoms with E-state index in [4.69, 9.17) is 9.05 Å². The van der Waals surface area contributed by atoms with E-state index in [1.54, 1.807) is 0 Å². The summed E-state index contributed by atoms with van der Waals surface area (Å²) in [5, 5.41) is 0. The Morgan fingerprint density at radius 2 is 1.86 bits per heavy atom. The molecule has 1 aliphatic rings. The van der Waals surface area contributed by atoms with Crippen LogP contribution in [0.2, 0.25) is 0 Å². The van der Waals surface area contributed by atoms with E-state index in [0.717, 1.165) is 12.8 Å². The molecular formula is C17H27O4P. The lowest BCUT2D eigenvalue weighted by Gasteiger charge is -2.16. The number of rotatable bonds is 9. The van der Waals surface area contributed by atoms with E-state index < -0.39 is 7.82 Å². The van der Waals surface area contributed by atoms with Gasteiger partial charge in [-0.2, -0.15) is 0 Å². The van der Waals surface area contributed by atoms with Gasteiger partial charge in [0, 0.05) is 0 Å². The monoisotopic (exact) mass is 326 g/mol. The molecule has 0 heterocycles. The van der Waals surface area contributed by atoms with Crippen LogP contribution in [-0.4, -0.2) is 18.1 Å². The highest BCUT2D eigenvalue weighted by atomic mass is 31.2. The zero-order valence-electron chi connectivity index (χ0n) is 13.4. The Kier molecular flexibility index (Phi) is 7.10. The van der Waals surface area contributed by atoms with Crippen molar-refractivity contribution in [2.24, 2.45) is 0 Å².